The first-order valence-corrected chi connectivity index (χ1v) is 6.65. The maximum atomic E-state index is 12.1. The Morgan fingerprint density at radius 1 is 1.00 bits per heavy atom. The summed E-state index contributed by atoms with van der Waals surface area (Å²) in [6.07, 6.45) is 6.66. The van der Waals surface area contributed by atoms with Crippen LogP contribution in [0.4, 0.5) is 0 Å². The molecule has 2 rings (SSSR count). The van der Waals surface area contributed by atoms with E-state index in [1.54, 1.807) is 0 Å². The molecule has 0 aromatic carbocycles. The minimum absolute atomic E-state index is 0.0480. The molecule has 0 aromatic rings. The van der Waals surface area contributed by atoms with E-state index < -0.39 is 11.4 Å². The van der Waals surface area contributed by atoms with Crippen molar-refractivity contribution >= 4 is 11.9 Å². The van der Waals surface area contributed by atoms with Gasteiger partial charge < -0.3 is 10.0 Å². The van der Waals surface area contributed by atoms with E-state index in [0.717, 1.165) is 45.2 Å². The van der Waals surface area contributed by atoms with Gasteiger partial charge in [0.05, 0.1) is 5.41 Å². The van der Waals surface area contributed by atoms with Crippen LogP contribution in [0.25, 0.3) is 0 Å². The van der Waals surface area contributed by atoms with Crippen LogP contribution in [0.1, 0.15) is 51.4 Å². The van der Waals surface area contributed by atoms with Crippen LogP contribution in [0, 0.1) is 5.41 Å². The van der Waals surface area contributed by atoms with Crippen molar-refractivity contribution < 1.29 is 14.7 Å². The lowest BCUT2D eigenvalue weighted by Gasteiger charge is -2.33. The van der Waals surface area contributed by atoms with Gasteiger partial charge in [-0.15, -0.1) is 0 Å². The van der Waals surface area contributed by atoms with Gasteiger partial charge in [0.25, 0.3) is 0 Å². The Hall–Kier alpha value is -1.06. The highest BCUT2D eigenvalue weighted by atomic mass is 16.4. The molecule has 1 saturated carbocycles. The summed E-state index contributed by atoms with van der Waals surface area (Å²) in [6, 6.07) is 0. The minimum atomic E-state index is -0.773. The zero-order valence-corrected chi connectivity index (χ0v) is 10.3. The summed E-state index contributed by atoms with van der Waals surface area (Å²) in [5.41, 5.74) is -0.766. The minimum Gasteiger partial charge on any atom is -0.481 e. The molecular formula is C13H21NO3. The van der Waals surface area contributed by atoms with E-state index in [1.807, 2.05) is 4.90 Å². The SMILES string of the molecule is O=C(CC1(C(=O)O)CCCCC1)N1CCCC1. The van der Waals surface area contributed by atoms with Gasteiger partial charge in [-0.25, -0.2) is 0 Å². The lowest BCUT2D eigenvalue weighted by Crippen LogP contribution is -2.40. The van der Waals surface area contributed by atoms with Crippen LogP contribution < -0.4 is 0 Å². The number of nitrogens with zero attached hydrogens (tertiary/aromatic N) is 1. The number of carboxylic acids is 1. The van der Waals surface area contributed by atoms with Gasteiger partial charge in [0.15, 0.2) is 0 Å². The molecule has 2 aliphatic rings. The summed E-state index contributed by atoms with van der Waals surface area (Å²) in [4.78, 5) is 25.4. The predicted molar refractivity (Wildman–Crippen MR) is 63.6 cm³/mol. The highest BCUT2D eigenvalue weighted by molar-refractivity contribution is 5.85. The first-order chi connectivity index (χ1) is 8.14. The van der Waals surface area contributed by atoms with E-state index in [9.17, 15) is 14.7 Å². The fraction of sp³-hybridized carbons (Fsp3) is 0.846. The molecule has 0 radical (unpaired) electrons. The third-order valence-electron chi connectivity index (χ3n) is 4.21. The quantitative estimate of drug-likeness (QED) is 0.819. The molecule has 4 nitrogen and oxygen atoms in total. The third kappa shape index (κ3) is 2.61. The average molecular weight is 239 g/mol. The molecular weight excluding hydrogens is 218 g/mol. The normalized spacial score (nSPS) is 23.6. The van der Waals surface area contributed by atoms with E-state index >= 15 is 0 Å². The Morgan fingerprint density at radius 3 is 2.12 bits per heavy atom. The monoisotopic (exact) mass is 239 g/mol. The molecule has 1 aliphatic heterocycles. The van der Waals surface area contributed by atoms with Crippen LogP contribution in [0.15, 0.2) is 0 Å². The molecule has 96 valence electrons. The Labute approximate surface area is 102 Å². The highest BCUT2D eigenvalue weighted by Gasteiger charge is 2.42. The van der Waals surface area contributed by atoms with Gasteiger partial charge >= 0.3 is 5.97 Å². The van der Waals surface area contributed by atoms with E-state index in [-0.39, 0.29) is 12.3 Å². The molecule has 0 spiro atoms. The van der Waals surface area contributed by atoms with Gasteiger partial charge in [0, 0.05) is 19.5 Å². The molecule has 1 heterocycles. The van der Waals surface area contributed by atoms with E-state index in [1.165, 1.54) is 0 Å². The van der Waals surface area contributed by atoms with E-state index in [4.69, 9.17) is 0 Å². The van der Waals surface area contributed by atoms with Gasteiger partial charge in [-0.3, -0.25) is 9.59 Å². The van der Waals surface area contributed by atoms with Crippen molar-refractivity contribution in [2.45, 2.75) is 51.4 Å². The average Bonchev–Trinajstić information content (AvgIpc) is 2.83. The summed E-state index contributed by atoms with van der Waals surface area (Å²) < 4.78 is 0. The van der Waals surface area contributed by atoms with Crippen LogP contribution in [0.5, 0.6) is 0 Å². The molecule has 4 heteroatoms. The number of likely N-dealkylation sites (tertiary alicyclic amines) is 1. The maximum Gasteiger partial charge on any atom is 0.310 e. The van der Waals surface area contributed by atoms with Gasteiger partial charge in [0.2, 0.25) is 5.91 Å². The Kier molecular flexibility index (Phi) is 3.69. The van der Waals surface area contributed by atoms with Crippen LogP contribution in [-0.2, 0) is 9.59 Å². The van der Waals surface area contributed by atoms with Crippen molar-refractivity contribution in [1.82, 2.24) is 4.90 Å². The number of carbonyl (C=O) groups is 2. The van der Waals surface area contributed by atoms with Crippen LogP contribution in [0.2, 0.25) is 0 Å². The van der Waals surface area contributed by atoms with Crippen LogP contribution in [0.3, 0.4) is 0 Å². The first kappa shape index (κ1) is 12.4. The summed E-state index contributed by atoms with van der Waals surface area (Å²) in [5, 5.41) is 9.41. The molecule has 0 unspecified atom stereocenters. The van der Waals surface area contributed by atoms with Crippen molar-refractivity contribution in [1.29, 1.82) is 0 Å². The Bertz CT molecular complexity index is 302. The molecule has 2 fully saturated rings. The number of carboxylic acid groups (broad SMARTS) is 1. The second kappa shape index (κ2) is 5.07. The number of hydrogen-bond donors (Lipinski definition) is 1. The third-order valence-corrected chi connectivity index (χ3v) is 4.21. The van der Waals surface area contributed by atoms with Crippen molar-refractivity contribution in [3.05, 3.63) is 0 Å². The van der Waals surface area contributed by atoms with Crippen LogP contribution >= 0.6 is 0 Å². The summed E-state index contributed by atoms with van der Waals surface area (Å²) in [5.74, 6) is -0.725. The summed E-state index contributed by atoms with van der Waals surface area (Å²) in [7, 11) is 0. The maximum absolute atomic E-state index is 12.1. The van der Waals surface area contributed by atoms with Crippen molar-refractivity contribution in [3.8, 4) is 0 Å². The standard InChI is InChI=1S/C13H21NO3/c15-11(14-8-4-5-9-14)10-13(12(16)17)6-2-1-3-7-13/h1-10H2,(H,16,17). The lowest BCUT2D eigenvalue weighted by atomic mass is 9.71. The van der Waals surface area contributed by atoms with Crippen molar-refractivity contribution in [3.63, 3.8) is 0 Å². The van der Waals surface area contributed by atoms with Gasteiger partial charge in [-0.1, -0.05) is 19.3 Å². The molecule has 0 bridgehead atoms. The predicted octanol–water partition coefficient (Wildman–Crippen LogP) is 2.03. The second-order valence-electron chi connectivity index (χ2n) is 5.41. The van der Waals surface area contributed by atoms with Gasteiger partial charge in [0.1, 0.15) is 0 Å². The number of amides is 1. The topological polar surface area (TPSA) is 57.6 Å². The number of hydrogen-bond acceptors (Lipinski definition) is 2. The summed E-state index contributed by atoms with van der Waals surface area (Å²) >= 11 is 0. The molecule has 1 aliphatic carbocycles. The fourth-order valence-electron chi connectivity index (χ4n) is 3.06. The molecule has 1 amide bonds. The van der Waals surface area contributed by atoms with Gasteiger partial charge in [-0.05, 0) is 25.7 Å². The zero-order chi connectivity index (χ0) is 12.3. The van der Waals surface area contributed by atoms with E-state index in [2.05, 4.69) is 0 Å². The lowest BCUT2D eigenvalue weighted by molar-refractivity contribution is -0.155. The molecule has 1 N–H and O–H groups in total. The number of carbonyl (C=O) groups excluding carboxylic acids is 1. The number of rotatable bonds is 3. The van der Waals surface area contributed by atoms with Crippen molar-refractivity contribution in [2.75, 3.05) is 13.1 Å². The van der Waals surface area contributed by atoms with Crippen LogP contribution in [-0.4, -0.2) is 35.0 Å². The first-order valence-electron chi connectivity index (χ1n) is 6.65. The summed E-state index contributed by atoms with van der Waals surface area (Å²) in [6.45, 7) is 1.63. The molecule has 0 atom stereocenters. The Morgan fingerprint density at radius 2 is 1.59 bits per heavy atom. The number of aliphatic carboxylic acids is 1. The molecule has 0 aromatic heterocycles. The fourth-order valence-corrected chi connectivity index (χ4v) is 3.06. The molecule has 1 saturated heterocycles. The zero-order valence-electron chi connectivity index (χ0n) is 10.3. The largest absolute Gasteiger partial charge is 0.481 e. The van der Waals surface area contributed by atoms with Gasteiger partial charge in [-0.2, -0.15) is 0 Å². The molecule has 17 heavy (non-hydrogen) atoms. The van der Waals surface area contributed by atoms with E-state index in [0.29, 0.717) is 12.8 Å². The highest BCUT2D eigenvalue weighted by Crippen LogP contribution is 2.40. The second-order valence-corrected chi connectivity index (χ2v) is 5.41. The smallest absolute Gasteiger partial charge is 0.310 e. The Balaban J connectivity index is 2.01. The van der Waals surface area contributed by atoms with Crippen molar-refractivity contribution in [2.24, 2.45) is 5.41 Å².